The number of carbonyl (C=O) groups excluding carboxylic acids is 1. The van der Waals surface area contributed by atoms with E-state index in [9.17, 15) is 13.2 Å². The molecule has 0 radical (unpaired) electrons. The minimum Gasteiger partial charge on any atom is -0.462 e. The van der Waals surface area contributed by atoms with Crippen molar-refractivity contribution < 1.29 is 17.9 Å². The van der Waals surface area contributed by atoms with Gasteiger partial charge in [0.15, 0.2) is 0 Å². The van der Waals surface area contributed by atoms with E-state index in [1.807, 2.05) is 0 Å². The van der Waals surface area contributed by atoms with Crippen molar-refractivity contribution in [2.45, 2.75) is 19.1 Å². The van der Waals surface area contributed by atoms with Gasteiger partial charge in [-0.05, 0) is 6.92 Å². The minimum atomic E-state index is -2.45. The molecule has 0 spiro atoms. The monoisotopic (exact) mass is 206 g/mol. The van der Waals surface area contributed by atoms with Crippen LogP contribution >= 0.6 is 0 Å². The summed E-state index contributed by atoms with van der Waals surface area (Å²) in [5.41, 5.74) is 0. The van der Waals surface area contributed by atoms with Crippen LogP contribution < -0.4 is 0 Å². The third-order valence-corrected chi connectivity index (χ3v) is 2.99. The van der Waals surface area contributed by atoms with E-state index in [0.29, 0.717) is 0 Å². The van der Waals surface area contributed by atoms with Crippen LogP contribution in [0, 0.1) is 5.92 Å². The number of hydrogen-bond donors (Lipinski definition) is 1. The Labute approximate surface area is 79.5 Å². The second-order valence-corrected chi connectivity index (χ2v) is 4.22. The van der Waals surface area contributed by atoms with Crippen molar-refractivity contribution in [2.75, 3.05) is 6.61 Å². The van der Waals surface area contributed by atoms with Gasteiger partial charge in [-0.3, -0.25) is 0 Å². The predicted octanol–water partition coefficient (Wildman–Crippen LogP) is 0.352. The summed E-state index contributed by atoms with van der Waals surface area (Å²) >= 11 is 0. The maximum absolute atomic E-state index is 10.6. The Kier molecular flexibility index (Phi) is 5.37. The highest BCUT2D eigenvalue weighted by atomic mass is 32.2. The van der Waals surface area contributed by atoms with Gasteiger partial charge in [0.25, 0.3) is 0 Å². The van der Waals surface area contributed by atoms with E-state index in [1.165, 1.54) is 0 Å². The van der Waals surface area contributed by atoms with Gasteiger partial charge in [-0.15, -0.1) is 0 Å². The Hall–Kier alpha value is -0.840. The van der Waals surface area contributed by atoms with Gasteiger partial charge in [-0.1, -0.05) is 13.5 Å². The summed E-state index contributed by atoms with van der Waals surface area (Å²) in [5, 5.41) is -0.479. The molecule has 4 nitrogen and oxygen atoms in total. The number of esters is 1. The van der Waals surface area contributed by atoms with Crippen molar-refractivity contribution >= 4 is 16.7 Å². The highest BCUT2D eigenvalue weighted by Gasteiger charge is 2.15. The van der Waals surface area contributed by atoms with Crippen LogP contribution in [0.25, 0.3) is 0 Å². The zero-order chi connectivity index (χ0) is 10.4. The van der Waals surface area contributed by atoms with Crippen LogP contribution in [0.5, 0.6) is 0 Å². The Bertz CT molecular complexity index is 249. The molecule has 0 N–H and O–H groups in total. The molecule has 0 fully saturated rings. The molecule has 0 saturated carbocycles. The van der Waals surface area contributed by atoms with Crippen molar-refractivity contribution in [1.82, 2.24) is 0 Å². The normalized spacial score (nSPS) is 15.0. The smallest absolute Gasteiger partial charge is 0.330 e. The largest absolute Gasteiger partial charge is 0.462 e. The van der Waals surface area contributed by atoms with Gasteiger partial charge in [0.2, 0.25) is 0 Å². The molecule has 5 heteroatoms. The van der Waals surface area contributed by atoms with E-state index in [4.69, 9.17) is 4.74 Å². The molecule has 0 aliphatic rings. The van der Waals surface area contributed by atoms with E-state index in [1.54, 1.807) is 13.8 Å². The van der Waals surface area contributed by atoms with Gasteiger partial charge < -0.3 is 4.74 Å². The molecule has 0 aromatic heterocycles. The summed E-state index contributed by atoms with van der Waals surface area (Å²) in [6.07, 6.45) is 1.05. The van der Waals surface area contributed by atoms with E-state index in [0.717, 1.165) is 6.08 Å². The molecule has 0 saturated heterocycles. The van der Waals surface area contributed by atoms with E-state index < -0.39 is 21.9 Å². The molecule has 2 unspecified atom stereocenters. The van der Waals surface area contributed by atoms with Gasteiger partial charge in [0, 0.05) is 12.0 Å². The molecular formula is C8H14O4S. The van der Waals surface area contributed by atoms with Crippen LogP contribution in [0.15, 0.2) is 12.7 Å². The molecule has 13 heavy (non-hydrogen) atoms. The number of thiol groups is 1. The Morgan fingerprint density at radius 3 is 2.46 bits per heavy atom. The molecule has 76 valence electrons. The summed E-state index contributed by atoms with van der Waals surface area (Å²) in [6.45, 7) is 6.63. The lowest BCUT2D eigenvalue weighted by Crippen LogP contribution is -2.22. The third kappa shape index (κ3) is 4.67. The standard InChI is InChI=1S/C8H14O4S/c1-4-8(9)12-5-6(2)7(3)13(10)11/h4,6-7,13H,1,5H2,2-3H3. The first-order valence-electron chi connectivity index (χ1n) is 3.91. The molecule has 0 aliphatic carbocycles. The van der Waals surface area contributed by atoms with Crippen molar-refractivity contribution in [3.63, 3.8) is 0 Å². The second-order valence-electron chi connectivity index (χ2n) is 2.84. The fourth-order valence-corrected chi connectivity index (χ4v) is 1.12. The summed E-state index contributed by atoms with van der Waals surface area (Å²) in [7, 11) is -2.45. The lowest BCUT2D eigenvalue weighted by Gasteiger charge is -2.13. The highest BCUT2D eigenvalue weighted by Crippen LogP contribution is 2.06. The molecule has 0 bridgehead atoms. The number of rotatable bonds is 5. The molecule has 2 atom stereocenters. The number of carbonyl (C=O) groups is 1. The topological polar surface area (TPSA) is 60.4 Å². The molecule has 0 rings (SSSR count). The summed E-state index contributed by atoms with van der Waals surface area (Å²) in [6, 6.07) is 0. The zero-order valence-corrected chi connectivity index (χ0v) is 8.62. The summed E-state index contributed by atoms with van der Waals surface area (Å²) < 4.78 is 25.8. The average molecular weight is 206 g/mol. The van der Waals surface area contributed by atoms with Gasteiger partial charge in [-0.25, -0.2) is 13.2 Å². The lowest BCUT2D eigenvalue weighted by atomic mass is 10.1. The summed E-state index contributed by atoms with van der Waals surface area (Å²) in [5.74, 6) is -0.717. The third-order valence-electron chi connectivity index (χ3n) is 1.81. The van der Waals surface area contributed by atoms with E-state index >= 15 is 0 Å². The molecular weight excluding hydrogens is 192 g/mol. The first-order chi connectivity index (χ1) is 5.99. The quantitative estimate of drug-likeness (QED) is 0.400. The first kappa shape index (κ1) is 12.2. The fourth-order valence-electron chi connectivity index (χ4n) is 0.620. The van der Waals surface area contributed by atoms with Crippen molar-refractivity contribution in [3.05, 3.63) is 12.7 Å². The van der Waals surface area contributed by atoms with Gasteiger partial charge in [0.05, 0.1) is 11.9 Å². The maximum Gasteiger partial charge on any atom is 0.330 e. The Morgan fingerprint density at radius 2 is 2.08 bits per heavy atom. The van der Waals surface area contributed by atoms with Crippen molar-refractivity contribution in [2.24, 2.45) is 5.92 Å². The van der Waals surface area contributed by atoms with Gasteiger partial charge in [0.1, 0.15) is 10.7 Å². The van der Waals surface area contributed by atoms with E-state index in [-0.39, 0.29) is 12.5 Å². The molecule has 0 heterocycles. The number of ether oxygens (including phenoxy) is 1. The van der Waals surface area contributed by atoms with Gasteiger partial charge >= 0.3 is 5.97 Å². The first-order valence-corrected chi connectivity index (χ1v) is 5.16. The Morgan fingerprint density at radius 1 is 1.54 bits per heavy atom. The maximum atomic E-state index is 10.6. The minimum absolute atomic E-state index is 0.106. The van der Waals surface area contributed by atoms with Crippen LogP contribution in [0.2, 0.25) is 0 Å². The van der Waals surface area contributed by atoms with Crippen LogP contribution in [-0.2, 0) is 20.2 Å². The van der Waals surface area contributed by atoms with Crippen LogP contribution in [-0.4, -0.2) is 26.2 Å². The lowest BCUT2D eigenvalue weighted by molar-refractivity contribution is -0.138. The predicted molar refractivity (Wildman–Crippen MR) is 50.1 cm³/mol. The average Bonchev–Trinajstić information content (AvgIpc) is 2.11. The van der Waals surface area contributed by atoms with Crippen molar-refractivity contribution in [3.8, 4) is 0 Å². The molecule has 0 amide bonds. The molecule has 0 aromatic rings. The fraction of sp³-hybridized carbons (Fsp3) is 0.625. The SMILES string of the molecule is C=CC(=O)OCC(C)C(C)[SH](=O)=O. The molecule has 0 aliphatic heterocycles. The highest BCUT2D eigenvalue weighted by molar-refractivity contribution is 7.73. The molecule has 0 aromatic carbocycles. The summed E-state index contributed by atoms with van der Waals surface area (Å²) in [4.78, 5) is 10.6. The second kappa shape index (κ2) is 5.75. The van der Waals surface area contributed by atoms with Crippen LogP contribution in [0.4, 0.5) is 0 Å². The number of hydrogen-bond acceptors (Lipinski definition) is 4. The van der Waals surface area contributed by atoms with Crippen molar-refractivity contribution in [1.29, 1.82) is 0 Å². The van der Waals surface area contributed by atoms with E-state index in [2.05, 4.69) is 6.58 Å². The van der Waals surface area contributed by atoms with Crippen LogP contribution in [0.3, 0.4) is 0 Å². The zero-order valence-electron chi connectivity index (χ0n) is 7.73. The Balaban J connectivity index is 3.93. The van der Waals surface area contributed by atoms with Crippen LogP contribution in [0.1, 0.15) is 13.8 Å². The van der Waals surface area contributed by atoms with Gasteiger partial charge in [-0.2, -0.15) is 0 Å².